The van der Waals surface area contributed by atoms with Crippen molar-refractivity contribution in [2.24, 2.45) is 17.8 Å². The molecule has 0 amide bonds. The number of carboxylic acid groups (broad SMARTS) is 1. The Hall–Kier alpha value is -1.88. The number of fused-ring (bicyclic) bond motifs is 2. The third kappa shape index (κ3) is 4.40. The number of hydrogen-bond acceptors (Lipinski definition) is 3. The summed E-state index contributed by atoms with van der Waals surface area (Å²) in [6, 6.07) is 3.00. The van der Waals surface area contributed by atoms with Gasteiger partial charge in [-0.3, -0.25) is 0 Å². The maximum absolute atomic E-state index is 14.6. The largest absolute Gasteiger partial charge is 0.487 e. The number of aliphatic hydroxyl groups is 1. The number of ether oxygens (including phenoxy) is 1. The molecule has 1 aromatic carbocycles. The minimum atomic E-state index is -1.27. The smallest absolute Gasteiger partial charge is 0.338 e. The van der Waals surface area contributed by atoms with Gasteiger partial charge in [0, 0.05) is 5.92 Å². The summed E-state index contributed by atoms with van der Waals surface area (Å²) in [4.78, 5) is 11.2. The molecule has 154 valence electrons. The molecule has 1 heterocycles. The highest BCUT2D eigenvalue weighted by atomic mass is 19.1. The van der Waals surface area contributed by atoms with Crippen molar-refractivity contribution < 1.29 is 24.1 Å². The molecule has 4 nitrogen and oxygen atoms in total. The standard InChI is InChI=1S/C23H31FO4/c1-3-4-5-14(2)19(25)12-8-15-9-13-20-17(15)10-6-16-7-11-18(23(26)27)21(24)22(16)28-20/h7-8,11-12,14-15,17,19-20,25H,3-6,9-10,13H2,1-2H3,(H,26,27)/b12-8+/t14-,15-,17+,19?,20-/m0/s1. The molecule has 0 aromatic heterocycles. The monoisotopic (exact) mass is 390 g/mol. The van der Waals surface area contributed by atoms with Crippen LogP contribution < -0.4 is 4.74 Å². The topological polar surface area (TPSA) is 66.8 Å². The average Bonchev–Trinajstić information content (AvgIpc) is 2.95. The Balaban J connectivity index is 1.70. The quantitative estimate of drug-likeness (QED) is 0.644. The lowest BCUT2D eigenvalue weighted by Crippen LogP contribution is -2.24. The van der Waals surface area contributed by atoms with Gasteiger partial charge in [-0.1, -0.05) is 44.9 Å². The molecule has 1 saturated carbocycles. The highest BCUT2D eigenvalue weighted by Crippen LogP contribution is 2.43. The molecule has 0 radical (unpaired) electrons. The number of halogens is 1. The van der Waals surface area contributed by atoms with E-state index in [2.05, 4.69) is 19.9 Å². The predicted molar refractivity (Wildman–Crippen MR) is 106 cm³/mol. The third-order valence-electron chi connectivity index (χ3n) is 6.39. The van der Waals surface area contributed by atoms with Gasteiger partial charge < -0.3 is 14.9 Å². The molecule has 3 rings (SSSR count). The first-order chi connectivity index (χ1) is 13.4. The van der Waals surface area contributed by atoms with Crippen LogP contribution in [0.2, 0.25) is 0 Å². The Labute approximate surface area is 166 Å². The normalized spacial score (nSPS) is 26.2. The van der Waals surface area contributed by atoms with E-state index in [1.807, 2.05) is 6.08 Å². The zero-order chi connectivity index (χ0) is 20.3. The van der Waals surface area contributed by atoms with E-state index < -0.39 is 17.9 Å². The molecule has 2 N–H and O–H groups in total. The average molecular weight is 390 g/mol. The lowest BCUT2D eigenvalue weighted by Gasteiger charge is -2.22. The van der Waals surface area contributed by atoms with Crippen molar-refractivity contribution in [3.63, 3.8) is 0 Å². The van der Waals surface area contributed by atoms with Crippen LogP contribution in [-0.2, 0) is 6.42 Å². The molecule has 1 aliphatic heterocycles. The van der Waals surface area contributed by atoms with Gasteiger partial charge in [0.25, 0.3) is 0 Å². The molecule has 0 spiro atoms. The zero-order valence-electron chi connectivity index (χ0n) is 16.7. The van der Waals surface area contributed by atoms with Gasteiger partial charge in [0.15, 0.2) is 11.6 Å². The van der Waals surface area contributed by atoms with E-state index in [-0.39, 0.29) is 29.3 Å². The molecular formula is C23H31FO4. The van der Waals surface area contributed by atoms with Gasteiger partial charge in [0.1, 0.15) is 6.10 Å². The van der Waals surface area contributed by atoms with Crippen molar-refractivity contribution >= 4 is 5.97 Å². The molecule has 0 bridgehead atoms. The van der Waals surface area contributed by atoms with Crippen LogP contribution in [0.25, 0.3) is 0 Å². The molecule has 1 aromatic rings. The molecule has 1 aliphatic carbocycles. The van der Waals surface area contributed by atoms with Gasteiger partial charge in [0.2, 0.25) is 0 Å². The summed E-state index contributed by atoms with van der Waals surface area (Å²) in [5.74, 6) is -1.12. The zero-order valence-corrected chi connectivity index (χ0v) is 16.7. The maximum Gasteiger partial charge on any atom is 0.338 e. The van der Waals surface area contributed by atoms with Crippen LogP contribution in [0.15, 0.2) is 24.3 Å². The lowest BCUT2D eigenvalue weighted by molar-refractivity contribution is 0.0689. The Morgan fingerprint density at radius 2 is 2.14 bits per heavy atom. The fraction of sp³-hybridized carbons (Fsp3) is 0.609. The minimum Gasteiger partial charge on any atom is -0.487 e. The van der Waals surface area contributed by atoms with Crippen LogP contribution in [0.4, 0.5) is 4.39 Å². The van der Waals surface area contributed by atoms with Crippen LogP contribution in [0, 0.1) is 23.6 Å². The summed E-state index contributed by atoms with van der Waals surface area (Å²) in [5, 5.41) is 19.6. The number of allylic oxidation sites excluding steroid dienone is 1. The predicted octanol–water partition coefficient (Wildman–Crippen LogP) is 4.99. The molecular weight excluding hydrogens is 359 g/mol. The Bertz CT molecular complexity index is 730. The van der Waals surface area contributed by atoms with Crippen LogP contribution in [0.1, 0.15) is 68.3 Å². The van der Waals surface area contributed by atoms with Crippen molar-refractivity contribution in [1.82, 2.24) is 0 Å². The van der Waals surface area contributed by atoms with Crippen molar-refractivity contribution in [2.75, 3.05) is 0 Å². The maximum atomic E-state index is 14.6. The highest BCUT2D eigenvalue weighted by molar-refractivity contribution is 5.88. The van der Waals surface area contributed by atoms with E-state index in [4.69, 9.17) is 9.84 Å². The van der Waals surface area contributed by atoms with E-state index in [1.165, 1.54) is 6.07 Å². The summed E-state index contributed by atoms with van der Waals surface area (Å²) in [6.45, 7) is 4.23. The number of carbonyl (C=O) groups is 1. The van der Waals surface area contributed by atoms with Gasteiger partial charge in [-0.15, -0.1) is 0 Å². The summed E-state index contributed by atoms with van der Waals surface area (Å²) in [6.07, 6.45) is 10.1. The fourth-order valence-electron chi connectivity index (χ4n) is 4.55. The fourth-order valence-corrected chi connectivity index (χ4v) is 4.55. The summed E-state index contributed by atoms with van der Waals surface area (Å²) in [7, 11) is 0. The van der Waals surface area contributed by atoms with Crippen LogP contribution in [0.3, 0.4) is 0 Å². The van der Waals surface area contributed by atoms with E-state index >= 15 is 0 Å². The molecule has 2 aliphatic rings. The highest BCUT2D eigenvalue weighted by Gasteiger charge is 2.39. The van der Waals surface area contributed by atoms with Gasteiger partial charge >= 0.3 is 5.97 Å². The number of carboxylic acids is 1. The Morgan fingerprint density at radius 1 is 1.36 bits per heavy atom. The number of aryl methyl sites for hydroxylation is 1. The first kappa shape index (κ1) is 20.8. The van der Waals surface area contributed by atoms with Crippen LogP contribution in [0.5, 0.6) is 5.75 Å². The number of aliphatic hydroxyl groups excluding tert-OH is 1. The summed E-state index contributed by atoms with van der Waals surface area (Å²) in [5.41, 5.74) is 0.406. The van der Waals surface area contributed by atoms with E-state index in [9.17, 15) is 14.3 Å². The van der Waals surface area contributed by atoms with Crippen molar-refractivity contribution in [2.45, 2.75) is 71.0 Å². The lowest BCUT2D eigenvalue weighted by atomic mass is 9.88. The van der Waals surface area contributed by atoms with Gasteiger partial charge in [-0.2, -0.15) is 0 Å². The SMILES string of the molecule is CCCC[C@H](C)C(O)/C=C/[C@H]1CC[C@@H]2Oc3c(ccc(C(=O)O)c3F)CC[C@@H]21. The second-order valence-corrected chi connectivity index (χ2v) is 8.32. The molecule has 5 atom stereocenters. The number of hydrogen-bond donors (Lipinski definition) is 2. The number of rotatable bonds is 7. The molecule has 5 heteroatoms. The van der Waals surface area contributed by atoms with Gasteiger partial charge in [0.05, 0.1) is 11.7 Å². The first-order valence-electron chi connectivity index (χ1n) is 10.5. The van der Waals surface area contributed by atoms with E-state index in [1.54, 1.807) is 6.07 Å². The molecule has 1 unspecified atom stereocenters. The molecule has 1 fully saturated rings. The van der Waals surface area contributed by atoms with Crippen molar-refractivity contribution in [1.29, 1.82) is 0 Å². The van der Waals surface area contributed by atoms with Crippen LogP contribution >= 0.6 is 0 Å². The Morgan fingerprint density at radius 3 is 2.86 bits per heavy atom. The van der Waals surface area contributed by atoms with Crippen molar-refractivity contribution in [3.05, 3.63) is 41.2 Å². The third-order valence-corrected chi connectivity index (χ3v) is 6.39. The van der Waals surface area contributed by atoms with E-state index in [0.717, 1.165) is 44.1 Å². The minimum absolute atomic E-state index is 0.107. The Kier molecular flexibility index (Phi) is 6.76. The summed E-state index contributed by atoms with van der Waals surface area (Å²) < 4.78 is 20.6. The second-order valence-electron chi connectivity index (χ2n) is 8.32. The van der Waals surface area contributed by atoms with Crippen molar-refractivity contribution in [3.8, 4) is 5.75 Å². The van der Waals surface area contributed by atoms with Gasteiger partial charge in [-0.25, -0.2) is 9.18 Å². The van der Waals surface area contributed by atoms with E-state index in [0.29, 0.717) is 12.3 Å². The number of unbranched alkanes of at least 4 members (excludes halogenated alkanes) is 1. The molecule has 0 saturated heterocycles. The first-order valence-corrected chi connectivity index (χ1v) is 10.5. The van der Waals surface area contributed by atoms with Crippen LogP contribution in [-0.4, -0.2) is 28.4 Å². The number of benzene rings is 1. The summed E-state index contributed by atoms with van der Waals surface area (Å²) >= 11 is 0. The number of aromatic carboxylic acids is 1. The second kappa shape index (κ2) is 9.08. The molecule has 28 heavy (non-hydrogen) atoms. The van der Waals surface area contributed by atoms with Gasteiger partial charge in [-0.05, 0) is 55.6 Å².